The number of hydrogen-bond acceptors (Lipinski definition) is 8. The van der Waals surface area contributed by atoms with E-state index in [9.17, 15) is 22.8 Å². The van der Waals surface area contributed by atoms with Crippen LogP contribution in [0.25, 0.3) is 11.0 Å². The lowest BCUT2D eigenvalue weighted by atomic mass is 9.70. The van der Waals surface area contributed by atoms with Gasteiger partial charge in [0.05, 0.1) is 17.7 Å². The first kappa shape index (κ1) is 30.6. The second-order valence-electron chi connectivity index (χ2n) is 13.8. The SMILES string of the molecule is CCOC(=O)c1cn(C(C)(C)C)c2nc(N3C[C@H](NS(=O)(=O)C[C@@]45CC[C@@H](CC4=O)C5(C)C)[C@@H](C)C3)c(F)cc2c1=O. The Morgan fingerprint density at radius 3 is 2.50 bits per heavy atom. The summed E-state index contributed by atoms with van der Waals surface area (Å²) in [6.45, 7) is 13.8. The number of aromatic nitrogens is 2. The third-order valence-corrected chi connectivity index (χ3v) is 11.5. The van der Waals surface area contributed by atoms with Gasteiger partial charge in [0.25, 0.3) is 0 Å². The Hall–Kier alpha value is -2.86. The van der Waals surface area contributed by atoms with Crippen molar-refractivity contribution in [1.29, 1.82) is 0 Å². The molecule has 3 aliphatic rings. The number of anilines is 1. The van der Waals surface area contributed by atoms with E-state index in [4.69, 9.17) is 4.74 Å². The standard InChI is InChI=1S/C30H41FN4O6S/c1-8-41-27(38)20-14-35(28(3,4)5)25-19(24(20)37)12-21(31)26(32-25)34-13-17(2)22(15-34)33-42(39,40)16-30-10-9-18(11-23(30)36)29(30,6)7/h12,14,17-18,22,33H,8-11,13,15-16H2,1-7H3/t17-,18-,22-,30-/m0/s1. The Labute approximate surface area is 246 Å². The number of hydrogen-bond donors (Lipinski definition) is 1. The van der Waals surface area contributed by atoms with Crippen molar-refractivity contribution in [1.82, 2.24) is 14.3 Å². The fourth-order valence-corrected chi connectivity index (χ4v) is 9.48. The predicted molar refractivity (Wildman–Crippen MR) is 158 cm³/mol. The van der Waals surface area contributed by atoms with Crippen LogP contribution in [0.4, 0.5) is 10.2 Å². The number of rotatable bonds is 7. The van der Waals surface area contributed by atoms with E-state index in [0.717, 1.165) is 12.5 Å². The van der Waals surface area contributed by atoms with Gasteiger partial charge >= 0.3 is 5.97 Å². The number of halogens is 1. The van der Waals surface area contributed by atoms with Gasteiger partial charge in [-0.05, 0) is 63.9 Å². The third-order valence-electron chi connectivity index (χ3n) is 9.95. The van der Waals surface area contributed by atoms with Crippen LogP contribution in [0.1, 0.15) is 78.1 Å². The molecule has 2 saturated carbocycles. The highest BCUT2D eigenvalue weighted by atomic mass is 32.2. The molecule has 5 rings (SSSR count). The topological polar surface area (TPSA) is 128 Å². The quantitative estimate of drug-likeness (QED) is 0.475. The van der Waals surface area contributed by atoms with Crippen LogP contribution in [0.2, 0.25) is 0 Å². The summed E-state index contributed by atoms with van der Waals surface area (Å²) in [4.78, 5) is 44.9. The van der Waals surface area contributed by atoms with E-state index in [-0.39, 0.29) is 64.4 Å². The second-order valence-corrected chi connectivity index (χ2v) is 15.6. The molecule has 2 aliphatic carbocycles. The molecule has 1 N–H and O–H groups in total. The lowest BCUT2D eigenvalue weighted by Crippen LogP contribution is -2.48. The summed E-state index contributed by atoms with van der Waals surface area (Å²) in [5, 5.41) is -0.0424. The van der Waals surface area contributed by atoms with E-state index >= 15 is 4.39 Å². The van der Waals surface area contributed by atoms with Crippen LogP contribution in [-0.2, 0) is 25.1 Å². The fraction of sp³-hybridized carbons (Fsp3) is 0.667. The summed E-state index contributed by atoms with van der Waals surface area (Å²) in [5.41, 5.74) is -2.52. The van der Waals surface area contributed by atoms with Crippen LogP contribution in [0.15, 0.2) is 17.1 Å². The number of ether oxygens (including phenoxy) is 1. The number of Topliss-reactive ketones (excluding diaryl/α,β-unsaturated/α-hetero) is 1. The molecule has 230 valence electrons. The van der Waals surface area contributed by atoms with Crippen LogP contribution in [0, 0.1) is 28.5 Å². The Morgan fingerprint density at radius 1 is 1.24 bits per heavy atom. The monoisotopic (exact) mass is 604 g/mol. The van der Waals surface area contributed by atoms with Crippen molar-refractivity contribution in [2.75, 3.05) is 30.3 Å². The van der Waals surface area contributed by atoms with E-state index in [2.05, 4.69) is 9.71 Å². The molecular weight excluding hydrogens is 563 g/mol. The maximum atomic E-state index is 15.6. The van der Waals surface area contributed by atoms with Crippen molar-refractivity contribution in [3.63, 3.8) is 0 Å². The molecule has 1 saturated heterocycles. The van der Waals surface area contributed by atoms with Crippen molar-refractivity contribution in [3.05, 3.63) is 33.9 Å². The number of esters is 1. The molecule has 42 heavy (non-hydrogen) atoms. The van der Waals surface area contributed by atoms with Crippen LogP contribution in [-0.4, -0.2) is 61.2 Å². The van der Waals surface area contributed by atoms with Gasteiger partial charge < -0.3 is 14.2 Å². The predicted octanol–water partition coefficient (Wildman–Crippen LogP) is 3.61. The molecule has 0 aromatic carbocycles. The number of sulfonamides is 1. The molecule has 2 aromatic heterocycles. The zero-order chi connectivity index (χ0) is 31.0. The summed E-state index contributed by atoms with van der Waals surface area (Å²) in [5.74, 6) is -1.70. The van der Waals surface area contributed by atoms with Crippen molar-refractivity contribution >= 4 is 38.6 Å². The molecular formula is C30H41FN4O6S. The minimum absolute atomic E-state index is 0.00154. The first-order valence-corrected chi connectivity index (χ1v) is 16.3. The van der Waals surface area contributed by atoms with Crippen LogP contribution in [0.3, 0.4) is 0 Å². The van der Waals surface area contributed by atoms with Gasteiger partial charge in [0.2, 0.25) is 15.5 Å². The first-order chi connectivity index (χ1) is 19.4. The lowest BCUT2D eigenvalue weighted by molar-refractivity contribution is -0.128. The Balaban J connectivity index is 1.45. The lowest BCUT2D eigenvalue weighted by Gasteiger charge is -2.36. The summed E-state index contributed by atoms with van der Waals surface area (Å²) >= 11 is 0. The number of nitrogens with one attached hydrogen (secondary N) is 1. The summed E-state index contributed by atoms with van der Waals surface area (Å²) in [6.07, 6.45) is 3.27. The number of pyridine rings is 2. The largest absolute Gasteiger partial charge is 0.462 e. The van der Waals surface area contributed by atoms with Gasteiger partial charge in [0.1, 0.15) is 17.0 Å². The van der Waals surface area contributed by atoms with Gasteiger partial charge in [0.15, 0.2) is 11.6 Å². The number of carbonyl (C=O) groups excluding carboxylic acids is 2. The molecule has 0 spiro atoms. The number of ketones is 1. The number of nitrogens with zero attached hydrogens (tertiary/aromatic N) is 3. The molecule has 1 aliphatic heterocycles. The molecule has 12 heteroatoms. The molecule has 0 radical (unpaired) electrons. The molecule has 10 nitrogen and oxygen atoms in total. The highest BCUT2D eigenvalue weighted by Gasteiger charge is 2.65. The van der Waals surface area contributed by atoms with Gasteiger partial charge in [-0.2, -0.15) is 0 Å². The fourth-order valence-electron chi connectivity index (χ4n) is 7.30. The van der Waals surface area contributed by atoms with Gasteiger partial charge in [-0.25, -0.2) is 27.3 Å². The highest BCUT2D eigenvalue weighted by Crippen LogP contribution is 2.64. The average molecular weight is 605 g/mol. The first-order valence-electron chi connectivity index (χ1n) is 14.6. The molecule has 4 atom stereocenters. The second kappa shape index (κ2) is 10.1. The maximum Gasteiger partial charge on any atom is 0.343 e. The normalized spacial score (nSPS) is 27.3. The van der Waals surface area contributed by atoms with E-state index in [1.54, 1.807) is 16.4 Å². The molecule has 3 fully saturated rings. The Bertz CT molecular complexity index is 1630. The van der Waals surface area contributed by atoms with Crippen molar-refractivity contribution < 1.29 is 27.1 Å². The number of fused-ring (bicyclic) bond motifs is 3. The van der Waals surface area contributed by atoms with Crippen LogP contribution < -0.4 is 15.1 Å². The minimum atomic E-state index is -3.83. The Kier molecular flexibility index (Phi) is 7.36. The average Bonchev–Trinajstić information content (AvgIpc) is 3.40. The Morgan fingerprint density at radius 2 is 1.93 bits per heavy atom. The van der Waals surface area contributed by atoms with Crippen molar-refractivity contribution in [3.8, 4) is 0 Å². The third kappa shape index (κ3) is 4.84. The molecule has 2 aromatic rings. The molecule has 0 unspecified atom stereocenters. The van der Waals surface area contributed by atoms with Gasteiger partial charge in [-0.15, -0.1) is 0 Å². The highest BCUT2D eigenvalue weighted by molar-refractivity contribution is 7.89. The van der Waals surface area contributed by atoms with E-state index < -0.39 is 44.2 Å². The summed E-state index contributed by atoms with van der Waals surface area (Å²) in [7, 11) is -3.83. The smallest absolute Gasteiger partial charge is 0.343 e. The molecule has 0 amide bonds. The molecule has 3 heterocycles. The zero-order valence-corrected chi connectivity index (χ0v) is 26.2. The molecule has 2 bridgehead atoms. The van der Waals surface area contributed by atoms with E-state index in [1.165, 1.54) is 6.20 Å². The maximum absolute atomic E-state index is 15.6. The zero-order valence-electron chi connectivity index (χ0n) is 25.4. The van der Waals surface area contributed by atoms with Crippen molar-refractivity contribution in [2.24, 2.45) is 22.7 Å². The summed E-state index contributed by atoms with van der Waals surface area (Å²) in [6, 6.07) is 0.576. The van der Waals surface area contributed by atoms with Crippen molar-refractivity contribution in [2.45, 2.75) is 79.3 Å². The minimum Gasteiger partial charge on any atom is -0.462 e. The summed E-state index contributed by atoms with van der Waals surface area (Å²) < 4.78 is 52.1. The number of carbonyl (C=O) groups is 2. The van der Waals surface area contributed by atoms with Gasteiger partial charge in [-0.1, -0.05) is 20.8 Å². The van der Waals surface area contributed by atoms with Crippen LogP contribution >= 0.6 is 0 Å². The van der Waals surface area contributed by atoms with E-state index in [1.807, 2.05) is 41.5 Å². The van der Waals surface area contributed by atoms with Gasteiger partial charge in [-0.3, -0.25) is 9.59 Å². The van der Waals surface area contributed by atoms with Gasteiger partial charge in [0, 0.05) is 42.7 Å². The van der Waals surface area contributed by atoms with E-state index in [0.29, 0.717) is 19.4 Å². The van der Waals surface area contributed by atoms with Crippen LogP contribution in [0.5, 0.6) is 0 Å².